The normalized spacial score (nSPS) is 11.2. The molecule has 3 aromatic heterocycles. The van der Waals surface area contributed by atoms with Gasteiger partial charge in [0.2, 0.25) is 0 Å². The summed E-state index contributed by atoms with van der Waals surface area (Å²) in [5.41, 5.74) is 12.2. The van der Waals surface area contributed by atoms with Crippen molar-refractivity contribution in [1.82, 2.24) is 19.9 Å². The van der Waals surface area contributed by atoms with Crippen LogP contribution in [-0.2, 0) is 0 Å². The Hall–Kier alpha value is -6.78. The Labute approximate surface area is 290 Å². The van der Waals surface area contributed by atoms with E-state index in [1.807, 2.05) is 48.7 Å². The smallest absolute Gasteiger partial charge is 0.160 e. The lowest BCUT2D eigenvalue weighted by atomic mass is 9.91. The Morgan fingerprint density at radius 1 is 0.360 bits per heavy atom. The van der Waals surface area contributed by atoms with Crippen LogP contribution >= 0.6 is 0 Å². The van der Waals surface area contributed by atoms with Gasteiger partial charge in [0, 0.05) is 56.4 Å². The molecule has 0 aliphatic rings. The highest BCUT2D eigenvalue weighted by Gasteiger charge is 2.17. The lowest BCUT2D eigenvalue weighted by Crippen LogP contribution is -1.96. The molecule has 0 N–H and O–H groups in total. The summed E-state index contributed by atoms with van der Waals surface area (Å²) in [6.45, 7) is 0. The molecule has 0 saturated carbocycles. The van der Waals surface area contributed by atoms with E-state index in [-0.39, 0.29) is 0 Å². The zero-order valence-corrected chi connectivity index (χ0v) is 27.1. The molecule has 0 aliphatic heterocycles. The van der Waals surface area contributed by atoms with Gasteiger partial charge in [-0.1, -0.05) is 152 Å². The lowest BCUT2D eigenvalue weighted by molar-refractivity contribution is 1.18. The molecular weight excluding hydrogens is 609 g/mol. The quantitative estimate of drug-likeness (QED) is 0.170. The molecule has 0 unspecified atom stereocenters. The van der Waals surface area contributed by atoms with Crippen molar-refractivity contribution in [3.8, 4) is 67.4 Å². The number of benzene rings is 6. The minimum absolute atomic E-state index is 0.702. The molecule has 50 heavy (non-hydrogen) atoms. The third-order valence-corrected chi connectivity index (χ3v) is 9.19. The van der Waals surface area contributed by atoms with Crippen LogP contribution in [0.1, 0.15) is 0 Å². The maximum absolute atomic E-state index is 5.40. The predicted molar refractivity (Wildman–Crippen MR) is 205 cm³/mol. The third kappa shape index (κ3) is 5.39. The Morgan fingerprint density at radius 2 is 0.900 bits per heavy atom. The molecule has 0 aliphatic carbocycles. The Bertz CT molecular complexity index is 2550. The SMILES string of the molecule is c1ccc(-c2cc(-c3ccc(-c4cccc5c4nc(-c4cccnc4)c4cccc(-c6ccccc6)c45)cc3)nc(-c3ccccc3)n2)cc1. The molecule has 234 valence electrons. The average Bonchev–Trinajstić information content (AvgIpc) is 3.21. The summed E-state index contributed by atoms with van der Waals surface area (Å²) in [5.74, 6) is 0.702. The van der Waals surface area contributed by atoms with Gasteiger partial charge in [0.25, 0.3) is 0 Å². The molecule has 0 amide bonds. The number of pyridine rings is 2. The summed E-state index contributed by atoms with van der Waals surface area (Å²) in [6.07, 6.45) is 3.70. The number of hydrogen-bond acceptors (Lipinski definition) is 4. The van der Waals surface area contributed by atoms with Crippen molar-refractivity contribution < 1.29 is 0 Å². The molecule has 9 aromatic rings. The van der Waals surface area contributed by atoms with Crippen LogP contribution < -0.4 is 0 Å². The molecule has 0 bridgehead atoms. The molecule has 0 saturated heterocycles. The van der Waals surface area contributed by atoms with Crippen LogP contribution in [0.3, 0.4) is 0 Å². The van der Waals surface area contributed by atoms with Gasteiger partial charge >= 0.3 is 0 Å². The van der Waals surface area contributed by atoms with Gasteiger partial charge in [-0.2, -0.15) is 0 Å². The number of nitrogens with zero attached hydrogens (tertiary/aromatic N) is 4. The van der Waals surface area contributed by atoms with Crippen molar-refractivity contribution in [2.24, 2.45) is 0 Å². The minimum Gasteiger partial charge on any atom is -0.264 e. The molecule has 3 heterocycles. The maximum Gasteiger partial charge on any atom is 0.160 e. The second-order valence-corrected chi connectivity index (χ2v) is 12.3. The highest BCUT2D eigenvalue weighted by molar-refractivity contribution is 6.19. The minimum atomic E-state index is 0.702. The molecule has 0 radical (unpaired) electrons. The summed E-state index contributed by atoms with van der Waals surface area (Å²) in [5, 5.41) is 3.40. The van der Waals surface area contributed by atoms with E-state index in [2.05, 4.69) is 132 Å². The van der Waals surface area contributed by atoms with Gasteiger partial charge in [-0.25, -0.2) is 15.0 Å². The van der Waals surface area contributed by atoms with Crippen LogP contribution in [0, 0.1) is 0 Å². The third-order valence-electron chi connectivity index (χ3n) is 9.19. The standard InChI is InChI=1S/C46H30N4/c1-4-13-31(14-5-1)37-20-10-22-39-43(37)40-23-11-21-38(45(40)50-44(39)36-19-12-28-47-30-36)32-24-26-34(27-25-32)42-29-41(33-15-6-2-7-16-33)48-46(49-42)35-17-8-3-9-18-35/h1-30H. The molecule has 4 nitrogen and oxygen atoms in total. The maximum atomic E-state index is 5.40. The summed E-state index contributed by atoms with van der Waals surface area (Å²) >= 11 is 0. The van der Waals surface area contributed by atoms with Crippen molar-refractivity contribution in [2.45, 2.75) is 0 Å². The fourth-order valence-electron chi connectivity index (χ4n) is 6.78. The predicted octanol–water partition coefficient (Wildman–Crippen LogP) is 11.6. The molecule has 0 fully saturated rings. The second kappa shape index (κ2) is 12.7. The van der Waals surface area contributed by atoms with Crippen LogP contribution in [0.5, 0.6) is 0 Å². The summed E-state index contributed by atoms with van der Waals surface area (Å²) in [7, 11) is 0. The van der Waals surface area contributed by atoms with Crippen molar-refractivity contribution in [1.29, 1.82) is 0 Å². The van der Waals surface area contributed by atoms with Gasteiger partial charge < -0.3 is 0 Å². The number of hydrogen-bond donors (Lipinski definition) is 0. The highest BCUT2D eigenvalue weighted by Crippen LogP contribution is 2.41. The topological polar surface area (TPSA) is 51.6 Å². The summed E-state index contributed by atoms with van der Waals surface area (Å²) in [6, 6.07) is 58.8. The van der Waals surface area contributed by atoms with Crippen molar-refractivity contribution in [3.05, 3.63) is 182 Å². The Balaban J connectivity index is 1.21. The van der Waals surface area contributed by atoms with E-state index >= 15 is 0 Å². The van der Waals surface area contributed by atoms with Crippen molar-refractivity contribution in [2.75, 3.05) is 0 Å². The lowest BCUT2D eigenvalue weighted by Gasteiger charge is -2.16. The van der Waals surface area contributed by atoms with Crippen LogP contribution in [0.2, 0.25) is 0 Å². The van der Waals surface area contributed by atoms with Gasteiger partial charge in [-0.15, -0.1) is 0 Å². The number of fused-ring (bicyclic) bond motifs is 3. The zero-order chi connectivity index (χ0) is 33.3. The van der Waals surface area contributed by atoms with Gasteiger partial charge in [-0.3, -0.25) is 4.98 Å². The van der Waals surface area contributed by atoms with E-state index in [1.54, 1.807) is 6.20 Å². The molecular formula is C46H30N4. The van der Waals surface area contributed by atoms with Crippen molar-refractivity contribution in [3.63, 3.8) is 0 Å². The first kappa shape index (κ1) is 29.4. The first-order chi connectivity index (χ1) is 24.8. The highest BCUT2D eigenvalue weighted by atomic mass is 14.9. The first-order valence-electron chi connectivity index (χ1n) is 16.7. The molecule has 0 spiro atoms. The number of rotatable bonds is 6. The average molecular weight is 639 g/mol. The molecule has 0 atom stereocenters. The second-order valence-electron chi connectivity index (χ2n) is 12.3. The molecule has 6 aromatic carbocycles. The number of para-hydroxylation sites is 1. The fraction of sp³-hybridized carbons (Fsp3) is 0. The van der Waals surface area contributed by atoms with E-state index in [1.165, 1.54) is 16.5 Å². The first-order valence-corrected chi connectivity index (χ1v) is 16.7. The van der Waals surface area contributed by atoms with E-state index in [9.17, 15) is 0 Å². The van der Waals surface area contributed by atoms with Gasteiger partial charge in [0.05, 0.1) is 22.6 Å². The van der Waals surface area contributed by atoms with Gasteiger partial charge in [0.1, 0.15) is 0 Å². The zero-order valence-electron chi connectivity index (χ0n) is 27.1. The van der Waals surface area contributed by atoms with E-state index in [0.717, 1.165) is 66.8 Å². The van der Waals surface area contributed by atoms with Crippen LogP contribution in [-0.4, -0.2) is 19.9 Å². The largest absolute Gasteiger partial charge is 0.264 e. The van der Waals surface area contributed by atoms with E-state index < -0.39 is 0 Å². The molecule has 9 rings (SSSR count). The van der Waals surface area contributed by atoms with Gasteiger partial charge in [-0.05, 0) is 34.9 Å². The monoisotopic (exact) mass is 638 g/mol. The number of aromatic nitrogens is 4. The van der Waals surface area contributed by atoms with E-state index in [4.69, 9.17) is 15.0 Å². The summed E-state index contributed by atoms with van der Waals surface area (Å²) < 4.78 is 0. The fourth-order valence-corrected chi connectivity index (χ4v) is 6.78. The Morgan fingerprint density at radius 3 is 1.56 bits per heavy atom. The Kier molecular flexibility index (Phi) is 7.45. The van der Waals surface area contributed by atoms with Crippen molar-refractivity contribution >= 4 is 21.7 Å². The summed E-state index contributed by atoms with van der Waals surface area (Å²) in [4.78, 5) is 19.8. The van der Waals surface area contributed by atoms with Crippen LogP contribution in [0.25, 0.3) is 89.1 Å². The van der Waals surface area contributed by atoms with Crippen LogP contribution in [0.4, 0.5) is 0 Å². The van der Waals surface area contributed by atoms with Crippen LogP contribution in [0.15, 0.2) is 182 Å². The van der Waals surface area contributed by atoms with E-state index in [0.29, 0.717) is 5.82 Å². The molecule has 4 heteroatoms. The van der Waals surface area contributed by atoms with Gasteiger partial charge in [0.15, 0.2) is 5.82 Å².